The maximum Gasteiger partial charge on any atom is 0.253 e. The van der Waals surface area contributed by atoms with Crippen molar-refractivity contribution in [2.75, 3.05) is 33.3 Å². The van der Waals surface area contributed by atoms with E-state index in [4.69, 9.17) is 4.74 Å². The number of hydrogen-bond acceptors (Lipinski definition) is 4. The third-order valence-electron chi connectivity index (χ3n) is 6.35. The molecule has 2 aromatic rings. The van der Waals surface area contributed by atoms with Crippen LogP contribution in [0.5, 0.6) is 5.75 Å². The minimum Gasteiger partial charge on any atom is -0.497 e. The predicted octanol–water partition coefficient (Wildman–Crippen LogP) is 3.35. The number of carbonyl (C=O) groups is 3. The predicted molar refractivity (Wildman–Crippen MR) is 127 cm³/mol. The van der Waals surface area contributed by atoms with Gasteiger partial charge in [-0.1, -0.05) is 6.07 Å². The summed E-state index contributed by atoms with van der Waals surface area (Å²) in [4.78, 5) is 42.5. The number of nitrogens with one attached hydrogen (secondary N) is 1. The Balaban J connectivity index is 1.72. The average molecular weight is 470 g/mol. The van der Waals surface area contributed by atoms with Gasteiger partial charge < -0.3 is 19.9 Å². The SMILES string of the molecule is CCN(CC)C(=O)[C@H](NC(=O)c1ccc(OC)cc1)C1CCN(C(=O)c2cccc(F)c2)CC1. The molecular weight excluding hydrogens is 437 g/mol. The van der Waals surface area contributed by atoms with E-state index in [-0.39, 0.29) is 23.6 Å². The highest BCUT2D eigenvalue weighted by Crippen LogP contribution is 2.24. The third kappa shape index (κ3) is 5.92. The molecule has 1 fully saturated rings. The van der Waals surface area contributed by atoms with Crippen LogP contribution in [0.2, 0.25) is 0 Å². The van der Waals surface area contributed by atoms with Gasteiger partial charge in [-0.05, 0) is 75.1 Å². The monoisotopic (exact) mass is 469 g/mol. The first kappa shape index (κ1) is 25.2. The highest BCUT2D eigenvalue weighted by Gasteiger charge is 2.35. The van der Waals surface area contributed by atoms with Crippen molar-refractivity contribution in [2.45, 2.75) is 32.7 Å². The van der Waals surface area contributed by atoms with Gasteiger partial charge in [-0.2, -0.15) is 0 Å². The molecular formula is C26H32FN3O4. The normalized spacial score (nSPS) is 14.9. The second kappa shape index (κ2) is 11.6. The van der Waals surface area contributed by atoms with E-state index < -0.39 is 11.9 Å². The molecule has 1 atom stereocenters. The molecule has 0 spiro atoms. The number of halogens is 1. The van der Waals surface area contributed by atoms with E-state index in [9.17, 15) is 18.8 Å². The fraction of sp³-hybridized carbons (Fsp3) is 0.423. The number of likely N-dealkylation sites (N-methyl/N-ethyl adjacent to an activating group) is 1. The minimum atomic E-state index is -0.694. The molecule has 0 saturated carbocycles. The topological polar surface area (TPSA) is 79.0 Å². The molecule has 8 heteroatoms. The van der Waals surface area contributed by atoms with Crippen molar-refractivity contribution in [3.63, 3.8) is 0 Å². The van der Waals surface area contributed by atoms with Crippen molar-refractivity contribution in [1.82, 2.24) is 15.1 Å². The summed E-state index contributed by atoms with van der Waals surface area (Å²) in [5.41, 5.74) is 0.749. The Bertz CT molecular complexity index is 999. The van der Waals surface area contributed by atoms with Gasteiger partial charge in [0.2, 0.25) is 5.91 Å². The first-order valence-electron chi connectivity index (χ1n) is 11.7. The number of hydrogen-bond donors (Lipinski definition) is 1. The summed E-state index contributed by atoms with van der Waals surface area (Å²) in [7, 11) is 1.55. The molecule has 0 unspecified atom stereocenters. The molecule has 2 aromatic carbocycles. The Hall–Kier alpha value is -3.42. The van der Waals surface area contributed by atoms with E-state index in [1.54, 1.807) is 47.2 Å². The molecule has 1 saturated heterocycles. The number of rotatable bonds is 8. The average Bonchev–Trinajstić information content (AvgIpc) is 2.87. The number of ether oxygens (including phenoxy) is 1. The Labute approximate surface area is 199 Å². The highest BCUT2D eigenvalue weighted by molar-refractivity contribution is 5.98. The Morgan fingerprint density at radius 2 is 1.71 bits per heavy atom. The molecule has 0 bridgehead atoms. The highest BCUT2D eigenvalue weighted by atomic mass is 19.1. The van der Waals surface area contributed by atoms with Gasteiger partial charge in [0, 0.05) is 37.3 Å². The van der Waals surface area contributed by atoms with Crippen LogP contribution in [0, 0.1) is 11.7 Å². The minimum absolute atomic E-state index is 0.119. The molecule has 0 aliphatic carbocycles. The molecule has 0 aromatic heterocycles. The molecule has 1 aliphatic rings. The van der Waals surface area contributed by atoms with Gasteiger partial charge in [0.1, 0.15) is 17.6 Å². The first-order valence-corrected chi connectivity index (χ1v) is 11.7. The third-order valence-corrected chi connectivity index (χ3v) is 6.35. The van der Waals surface area contributed by atoms with Crippen LogP contribution in [-0.4, -0.2) is 66.9 Å². The lowest BCUT2D eigenvalue weighted by Crippen LogP contribution is -2.54. The maximum atomic E-state index is 13.5. The number of carbonyl (C=O) groups excluding carboxylic acids is 3. The van der Waals surface area contributed by atoms with Gasteiger partial charge in [-0.25, -0.2) is 4.39 Å². The lowest BCUT2D eigenvalue weighted by molar-refractivity contribution is -0.134. The zero-order valence-electron chi connectivity index (χ0n) is 19.9. The number of likely N-dealkylation sites (tertiary alicyclic amines) is 1. The summed E-state index contributed by atoms with van der Waals surface area (Å²) in [5, 5.41) is 2.95. The lowest BCUT2D eigenvalue weighted by Gasteiger charge is -2.37. The number of piperidine rings is 1. The van der Waals surface area contributed by atoms with Gasteiger partial charge >= 0.3 is 0 Å². The van der Waals surface area contributed by atoms with E-state index in [2.05, 4.69) is 5.32 Å². The van der Waals surface area contributed by atoms with Gasteiger partial charge in [0.15, 0.2) is 0 Å². The standard InChI is InChI=1S/C26H32FN3O4/c1-4-29(5-2)26(33)23(28-24(31)19-9-11-22(34-3)12-10-19)18-13-15-30(16-14-18)25(32)20-7-6-8-21(27)17-20/h6-12,17-18,23H,4-5,13-16H2,1-3H3,(H,28,31)/t23-/m1/s1. The second-order valence-electron chi connectivity index (χ2n) is 8.33. The maximum absolute atomic E-state index is 13.5. The molecule has 0 radical (unpaired) electrons. The van der Waals surface area contributed by atoms with E-state index in [0.29, 0.717) is 55.9 Å². The molecule has 7 nitrogen and oxygen atoms in total. The summed E-state index contributed by atoms with van der Waals surface area (Å²) in [6.07, 6.45) is 1.11. The van der Waals surface area contributed by atoms with Crippen molar-refractivity contribution < 1.29 is 23.5 Å². The molecule has 1 aliphatic heterocycles. The molecule has 34 heavy (non-hydrogen) atoms. The van der Waals surface area contributed by atoms with Crippen LogP contribution in [-0.2, 0) is 4.79 Å². The van der Waals surface area contributed by atoms with Gasteiger partial charge in [-0.3, -0.25) is 14.4 Å². The Kier molecular flexibility index (Phi) is 8.62. The van der Waals surface area contributed by atoms with Gasteiger partial charge in [0.25, 0.3) is 11.8 Å². The van der Waals surface area contributed by atoms with Crippen LogP contribution in [0.1, 0.15) is 47.4 Å². The van der Waals surface area contributed by atoms with Crippen LogP contribution in [0.15, 0.2) is 48.5 Å². The quantitative estimate of drug-likeness (QED) is 0.643. The van der Waals surface area contributed by atoms with Crippen molar-refractivity contribution in [1.29, 1.82) is 0 Å². The summed E-state index contributed by atoms with van der Waals surface area (Å²) in [6.45, 7) is 5.76. The number of nitrogens with zero attached hydrogens (tertiary/aromatic N) is 2. The molecule has 1 N–H and O–H groups in total. The van der Waals surface area contributed by atoms with Crippen LogP contribution >= 0.6 is 0 Å². The van der Waals surface area contributed by atoms with Crippen molar-refractivity contribution in [3.8, 4) is 5.75 Å². The zero-order chi connectivity index (χ0) is 24.7. The zero-order valence-corrected chi connectivity index (χ0v) is 19.9. The van der Waals surface area contributed by atoms with E-state index in [1.807, 2.05) is 13.8 Å². The number of methoxy groups -OCH3 is 1. The Morgan fingerprint density at radius 3 is 2.26 bits per heavy atom. The Morgan fingerprint density at radius 1 is 1.06 bits per heavy atom. The molecule has 1 heterocycles. The van der Waals surface area contributed by atoms with Crippen molar-refractivity contribution in [3.05, 3.63) is 65.5 Å². The van der Waals surface area contributed by atoms with Crippen molar-refractivity contribution in [2.24, 2.45) is 5.92 Å². The summed E-state index contributed by atoms with van der Waals surface area (Å²) >= 11 is 0. The molecule has 182 valence electrons. The summed E-state index contributed by atoms with van der Waals surface area (Å²) < 4.78 is 18.7. The lowest BCUT2D eigenvalue weighted by atomic mass is 9.87. The van der Waals surface area contributed by atoms with Gasteiger partial charge in [0.05, 0.1) is 7.11 Å². The van der Waals surface area contributed by atoms with E-state index >= 15 is 0 Å². The second-order valence-corrected chi connectivity index (χ2v) is 8.33. The van der Waals surface area contributed by atoms with Crippen LogP contribution < -0.4 is 10.1 Å². The first-order chi connectivity index (χ1) is 16.4. The van der Waals surface area contributed by atoms with Gasteiger partial charge in [-0.15, -0.1) is 0 Å². The fourth-order valence-electron chi connectivity index (χ4n) is 4.32. The largest absolute Gasteiger partial charge is 0.497 e. The number of benzene rings is 2. The van der Waals surface area contributed by atoms with E-state index in [0.717, 1.165) is 0 Å². The fourth-order valence-corrected chi connectivity index (χ4v) is 4.32. The van der Waals surface area contributed by atoms with Crippen LogP contribution in [0.25, 0.3) is 0 Å². The molecule has 3 rings (SSSR count). The number of amides is 3. The van der Waals surface area contributed by atoms with E-state index in [1.165, 1.54) is 18.2 Å². The summed E-state index contributed by atoms with van der Waals surface area (Å²) in [6, 6.07) is 11.7. The van der Waals surface area contributed by atoms with Crippen LogP contribution in [0.3, 0.4) is 0 Å². The van der Waals surface area contributed by atoms with Crippen molar-refractivity contribution >= 4 is 17.7 Å². The summed E-state index contributed by atoms with van der Waals surface area (Å²) in [5.74, 6) is -0.610. The smallest absolute Gasteiger partial charge is 0.253 e. The molecule has 3 amide bonds. The van der Waals surface area contributed by atoms with Crippen LogP contribution in [0.4, 0.5) is 4.39 Å².